The molecular weight excluding hydrogens is 156 g/mol. The number of carbonyl (C=O) groups is 1. The van der Waals surface area contributed by atoms with Crippen LogP contribution < -0.4 is 11.1 Å². The highest BCUT2D eigenvalue weighted by atomic mass is 16.3. The van der Waals surface area contributed by atoms with E-state index in [0.717, 1.165) is 5.76 Å². The Bertz CT molecular complexity index is 231. The SMILES string of the molecule is NC(=O)CCNCc1ccco1. The third-order valence-corrected chi connectivity index (χ3v) is 1.43. The summed E-state index contributed by atoms with van der Waals surface area (Å²) >= 11 is 0. The Labute approximate surface area is 70.7 Å². The first-order chi connectivity index (χ1) is 5.79. The van der Waals surface area contributed by atoms with Crippen LogP contribution in [0.1, 0.15) is 12.2 Å². The van der Waals surface area contributed by atoms with Gasteiger partial charge in [0.05, 0.1) is 12.8 Å². The fourth-order valence-corrected chi connectivity index (χ4v) is 0.836. The standard InChI is InChI=1S/C8H12N2O2/c9-8(11)3-4-10-6-7-2-1-5-12-7/h1-2,5,10H,3-4,6H2,(H2,9,11). The Morgan fingerprint density at radius 3 is 3.08 bits per heavy atom. The summed E-state index contributed by atoms with van der Waals surface area (Å²) in [5.41, 5.74) is 4.95. The van der Waals surface area contributed by atoms with Crippen LogP contribution in [0.4, 0.5) is 0 Å². The Balaban J connectivity index is 2.07. The molecule has 66 valence electrons. The largest absolute Gasteiger partial charge is 0.468 e. The van der Waals surface area contributed by atoms with E-state index in [2.05, 4.69) is 5.32 Å². The summed E-state index contributed by atoms with van der Waals surface area (Å²) < 4.78 is 5.06. The number of carbonyl (C=O) groups excluding carboxylic acids is 1. The van der Waals surface area contributed by atoms with Crippen molar-refractivity contribution in [2.75, 3.05) is 6.54 Å². The van der Waals surface area contributed by atoms with Gasteiger partial charge in [-0.25, -0.2) is 0 Å². The first-order valence-electron chi connectivity index (χ1n) is 3.80. The molecule has 4 nitrogen and oxygen atoms in total. The molecule has 1 heterocycles. The molecular formula is C8H12N2O2. The first-order valence-corrected chi connectivity index (χ1v) is 3.80. The highest BCUT2D eigenvalue weighted by molar-refractivity contribution is 5.73. The third kappa shape index (κ3) is 3.21. The van der Waals surface area contributed by atoms with Gasteiger partial charge >= 0.3 is 0 Å². The van der Waals surface area contributed by atoms with Crippen molar-refractivity contribution in [2.45, 2.75) is 13.0 Å². The molecule has 0 spiro atoms. The second kappa shape index (κ2) is 4.56. The van der Waals surface area contributed by atoms with Gasteiger partial charge in [-0.3, -0.25) is 4.79 Å². The number of furan rings is 1. The van der Waals surface area contributed by atoms with Gasteiger partial charge in [0.2, 0.25) is 5.91 Å². The first kappa shape index (κ1) is 8.80. The molecule has 12 heavy (non-hydrogen) atoms. The van der Waals surface area contributed by atoms with Gasteiger partial charge in [0.25, 0.3) is 0 Å². The summed E-state index contributed by atoms with van der Waals surface area (Å²) in [7, 11) is 0. The molecule has 0 aliphatic carbocycles. The van der Waals surface area contributed by atoms with Crippen molar-refractivity contribution in [2.24, 2.45) is 5.73 Å². The average molecular weight is 168 g/mol. The molecule has 0 aliphatic heterocycles. The van der Waals surface area contributed by atoms with E-state index < -0.39 is 0 Å². The highest BCUT2D eigenvalue weighted by Gasteiger charge is 1.95. The van der Waals surface area contributed by atoms with Crippen molar-refractivity contribution in [1.82, 2.24) is 5.32 Å². The van der Waals surface area contributed by atoms with E-state index in [1.54, 1.807) is 6.26 Å². The summed E-state index contributed by atoms with van der Waals surface area (Å²) in [5.74, 6) is 0.571. The van der Waals surface area contributed by atoms with Crippen molar-refractivity contribution < 1.29 is 9.21 Å². The molecule has 1 rings (SSSR count). The average Bonchev–Trinajstić information content (AvgIpc) is 2.49. The Kier molecular flexibility index (Phi) is 3.35. The number of rotatable bonds is 5. The molecule has 0 bridgehead atoms. The molecule has 0 fully saturated rings. The molecule has 0 aliphatic rings. The summed E-state index contributed by atoms with van der Waals surface area (Å²) in [5, 5.41) is 3.02. The summed E-state index contributed by atoms with van der Waals surface area (Å²) in [6, 6.07) is 3.70. The molecule has 4 heteroatoms. The molecule has 0 radical (unpaired) electrons. The minimum absolute atomic E-state index is 0.290. The van der Waals surface area contributed by atoms with E-state index in [0.29, 0.717) is 19.5 Å². The van der Waals surface area contributed by atoms with Gasteiger partial charge in [0.1, 0.15) is 5.76 Å². The van der Waals surface area contributed by atoms with Gasteiger partial charge in [-0.05, 0) is 12.1 Å². The summed E-state index contributed by atoms with van der Waals surface area (Å²) in [6.45, 7) is 1.23. The van der Waals surface area contributed by atoms with Crippen LogP contribution >= 0.6 is 0 Å². The van der Waals surface area contributed by atoms with Gasteiger partial charge in [0, 0.05) is 13.0 Å². The van der Waals surface area contributed by atoms with Crippen molar-refractivity contribution in [1.29, 1.82) is 0 Å². The van der Waals surface area contributed by atoms with Crippen LogP contribution in [0.25, 0.3) is 0 Å². The zero-order valence-electron chi connectivity index (χ0n) is 6.75. The van der Waals surface area contributed by atoms with Gasteiger partial charge in [-0.15, -0.1) is 0 Å². The third-order valence-electron chi connectivity index (χ3n) is 1.43. The molecule has 0 unspecified atom stereocenters. The fraction of sp³-hybridized carbons (Fsp3) is 0.375. The second-order valence-electron chi connectivity index (χ2n) is 2.47. The van der Waals surface area contributed by atoms with Crippen molar-refractivity contribution in [3.05, 3.63) is 24.2 Å². The van der Waals surface area contributed by atoms with Crippen LogP contribution in [0, 0.1) is 0 Å². The lowest BCUT2D eigenvalue weighted by Crippen LogP contribution is -2.21. The molecule has 1 aromatic heterocycles. The van der Waals surface area contributed by atoms with E-state index >= 15 is 0 Å². The lowest BCUT2D eigenvalue weighted by molar-refractivity contribution is -0.117. The van der Waals surface area contributed by atoms with Crippen LogP contribution in [-0.2, 0) is 11.3 Å². The number of nitrogens with one attached hydrogen (secondary N) is 1. The maximum absolute atomic E-state index is 10.3. The lowest BCUT2D eigenvalue weighted by Gasteiger charge is -1.98. The fourth-order valence-electron chi connectivity index (χ4n) is 0.836. The predicted octanol–water partition coefficient (Wildman–Crippen LogP) is 0.245. The topological polar surface area (TPSA) is 68.3 Å². The molecule has 3 N–H and O–H groups in total. The predicted molar refractivity (Wildman–Crippen MR) is 44.2 cm³/mol. The Morgan fingerprint density at radius 2 is 2.50 bits per heavy atom. The van der Waals surface area contributed by atoms with Crippen LogP contribution in [0.2, 0.25) is 0 Å². The van der Waals surface area contributed by atoms with E-state index in [1.165, 1.54) is 0 Å². The maximum Gasteiger partial charge on any atom is 0.218 e. The van der Waals surface area contributed by atoms with Crippen molar-refractivity contribution in [3.8, 4) is 0 Å². The van der Waals surface area contributed by atoms with Crippen LogP contribution in [-0.4, -0.2) is 12.5 Å². The van der Waals surface area contributed by atoms with E-state index in [9.17, 15) is 4.79 Å². The molecule has 1 aromatic rings. The van der Waals surface area contributed by atoms with Crippen molar-refractivity contribution >= 4 is 5.91 Å². The number of hydrogen-bond donors (Lipinski definition) is 2. The van der Waals surface area contributed by atoms with Gasteiger partial charge in [0.15, 0.2) is 0 Å². The van der Waals surface area contributed by atoms with Crippen molar-refractivity contribution in [3.63, 3.8) is 0 Å². The molecule has 0 atom stereocenters. The Hall–Kier alpha value is -1.29. The van der Waals surface area contributed by atoms with Gasteiger partial charge in [-0.2, -0.15) is 0 Å². The number of hydrogen-bond acceptors (Lipinski definition) is 3. The number of primary amides is 1. The number of nitrogens with two attached hydrogens (primary N) is 1. The molecule has 0 saturated carbocycles. The lowest BCUT2D eigenvalue weighted by atomic mass is 10.4. The van der Waals surface area contributed by atoms with E-state index in [-0.39, 0.29) is 5.91 Å². The van der Waals surface area contributed by atoms with E-state index in [4.69, 9.17) is 10.2 Å². The van der Waals surface area contributed by atoms with Crippen LogP contribution in [0.5, 0.6) is 0 Å². The van der Waals surface area contributed by atoms with Gasteiger partial charge < -0.3 is 15.5 Å². The monoisotopic (exact) mass is 168 g/mol. The van der Waals surface area contributed by atoms with Crippen LogP contribution in [0.15, 0.2) is 22.8 Å². The molecule has 0 aromatic carbocycles. The summed E-state index contributed by atoms with van der Waals surface area (Å²) in [6.07, 6.45) is 1.98. The molecule has 0 saturated heterocycles. The van der Waals surface area contributed by atoms with E-state index in [1.807, 2.05) is 12.1 Å². The Morgan fingerprint density at radius 1 is 1.67 bits per heavy atom. The minimum Gasteiger partial charge on any atom is -0.468 e. The van der Waals surface area contributed by atoms with Gasteiger partial charge in [-0.1, -0.05) is 0 Å². The second-order valence-corrected chi connectivity index (χ2v) is 2.47. The highest BCUT2D eigenvalue weighted by Crippen LogP contribution is 1.97. The maximum atomic E-state index is 10.3. The molecule has 1 amide bonds. The smallest absolute Gasteiger partial charge is 0.218 e. The van der Waals surface area contributed by atoms with Crippen LogP contribution in [0.3, 0.4) is 0 Å². The normalized spacial score (nSPS) is 10.0. The zero-order valence-corrected chi connectivity index (χ0v) is 6.75. The zero-order chi connectivity index (χ0) is 8.81. The minimum atomic E-state index is -0.290. The summed E-state index contributed by atoms with van der Waals surface area (Å²) in [4.78, 5) is 10.3. The quantitative estimate of drug-likeness (QED) is 0.619. The number of amides is 1.